The topological polar surface area (TPSA) is 50.1 Å². The van der Waals surface area contributed by atoms with E-state index in [-0.39, 0.29) is 12.6 Å². The Morgan fingerprint density at radius 1 is 1.33 bits per heavy atom. The quantitative estimate of drug-likeness (QED) is 0.791. The number of hydrogen-bond acceptors (Lipinski definition) is 4. The molecule has 0 bridgehead atoms. The molecule has 2 aromatic rings. The van der Waals surface area contributed by atoms with Crippen LogP contribution in [0, 0.1) is 11.3 Å². The van der Waals surface area contributed by atoms with E-state index in [1.54, 1.807) is 29.5 Å². The van der Waals surface area contributed by atoms with E-state index in [9.17, 15) is 4.79 Å². The Morgan fingerprint density at radius 3 is 2.94 bits per heavy atom. The van der Waals surface area contributed by atoms with Crippen LogP contribution in [0.25, 0.3) is 0 Å². The second-order valence-electron chi connectivity index (χ2n) is 3.78. The van der Waals surface area contributed by atoms with Gasteiger partial charge in [0.15, 0.2) is 0 Å². The summed E-state index contributed by atoms with van der Waals surface area (Å²) < 4.78 is 5.16. The highest BCUT2D eigenvalue weighted by atomic mass is 32.1. The van der Waals surface area contributed by atoms with Crippen molar-refractivity contribution in [2.45, 2.75) is 13.0 Å². The van der Waals surface area contributed by atoms with Gasteiger partial charge in [0.05, 0.1) is 18.1 Å². The number of benzene rings is 1. The molecule has 0 spiro atoms. The molecular formula is C14H11NO2S. The van der Waals surface area contributed by atoms with Crippen LogP contribution in [0.5, 0.6) is 0 Å². The first-order valence-corrected chi connectivity index (χ1v) is 6.38. The van der Waals surface area contributed by atoms with Gasteiger partial charge in [-0.05, 0) is 40.1 Å². The lowest BCUT2D eigenvalue weighted by atomic mass is 10.1. The summed E-state index contributed by atoms with van der Waals surface area (Å²) in [6.45, 7) is 0.207. The minimum absolute atomic E-state index is 0.207. The number of hydrogen-bond donors (Lipinski definition) is 0. The highest BCUT2D eigenvalue weighted by molar-refractivity contribution is 7.07. The Bertz CT molecular complexity index is 570. The molecule has 0 saturated carbocycles. The predicted octanol–water partition coefficient (Wildman–Crippen LogP) is 2.91. The number of carbonyl (C=O) groups excluding carboxylic acids is 1. The Kier molecular flexibility index (Phi) is 4.11. The van der Waals surface area contributed by atoms with Gasteiger partial charge >= 0.3 is 5.97 Å². The van der Waals surface area contributed by atoms with Crippen molar-refractivity contribution in [3.05, 3.63) is 57.8 Å². The molecule has 0 fully saturated rings. The number of nitrogens with zero attached hydrogens (tertiary/aromatic N) is 1. The Balaban J connectivity index is 1.87. The van der Waals surface area contributed by atoms with Gasteiger partial charge in [0.1, 0.15) is 6.61 Å². The number of esters is 1. The maximum Gasteiger partial charge on any atom is 0.310 e. The maximum absolute atomic E-state index is 11.6. The molecule has 2 rings (SSSR count). The van der Waals surface area contributed by atoms with Crippen LogP contribution >= 0.6 is 11.3 Å². The lowest BCUT2D eigenvalue weighted by Gasteiger charge is -2.04. The molecule has 1 aromatic heterocycles. The molecule has 0 N–H and O–H groups in total. The van der Waals surface area contributed by atoms with Gasteiger partial charge < -0.3 is 4.74 Å². The summed E-state index contributed by atoms with van der Waals surface area (Å²) in [5, 5.41) is 12.6. The molecule has 0 amide bonds. The van der Waals surface area contributed by atoms with Crippen LogP contribution in [0.2, 0.25) is 0 Å². The van der Waals surface area contributed by atoms with Crippen LogP contribution in [-0.4, -0.2) is 5.97 Å². The molecule has 90 valence electrons. The number of nitriles is 1. The molecule has 0 atom stereocenters. The number of rotatable bonds is 4. The van der Waals surface area contributed by atoms with E-state index in [1.165, 1.54) is 0 Å². The lowest BCUT2D eigenvalue weighted by molar-refractivity contribution is -0.144. The summed E-state index contributed by atoms with van der Waals surface area (Å²) in [5.41, 5.74) is 2.37. The van der Waals surface area contributed by atoms with Gasteiger partial charge in [0.2, 0.25) is 0 Å². The summed E-state index contributed by atoms with van der Waals surface area (Å²) >= 11 is 1.56. The lowest BCUT2D eigenvalue weighted by Crippen LogP contribution is -2.07. The zero-order valence-electron chi connectivity index (χ0n) is 9.63. The van der Waals surface area contributed by atoms with Crippen molar-refractivity contribution < 1.29 is 9.53 Å². The zero-order chi connectivity index (χ0) is 12.8. The smallest absolute Gasteiger partial charge is 0.310 e. The molecule has 1 aromatic carbocycles. The largest absolute Gasteiger partial charge is 0.461 e. The first-order chi connectivity index (χ1) is 8.78. The minimum atomic E-state index is -0.254. The van der Waals surface area contributed by atoms with Gasteiger partial charge in [0, 0.05) is 0 Å². The Hall–Kier alpha value is -2.12. The second kappa shape index (κ2) is 5.99. The van der Waals surface area contributed by atoms with E-state index < -0.39 is 0 Å². The van der Waals surface area contributed by atoms with Crippen LogP contribution in [0.4, 0.5) is 0 Å². The van der Waals surface area contributed by atoms with Crippen molar-refractivity contribution >= 4 is 17.3 Å². The van der Waals surface area contributed by atoms with Gasteiger partial charge in [-0.3, -0.25) is 4.79 Å². The fraction of sp³-hybridized carbons (Fsp3) is 0.143. The molecule has 4 heteroatoms. The molecule has 0 aliphatic carbocycles. The summed E-state index contributed by atoms with van der Waals surface area (Å²) in [4.78, 5) is 11.6. The van der Waals surface area contributed by atoms with E-state index in [1.807, 2.05) is 22.9 Å². The van der Waals surface area contributed by atoms with Crippen molar-refractivity contribution in [1.82, 2.24) is 0 Å². The molecule has 0 unspecified atom stereocenters. The first kappa shape index (κ1) is 12.3. The third kappa shape index (κ3) is 3.44. The minimum Gasteiger partial charge on any atom is -0.461 e. The van der Waals surface area contributed by atoms with Crippen molar-refractivity contribution in [3.8, 4) is 6.07 Å². The normalized spacial score (nSPS) is 9.72. The highest BCUT2D eigenvalue weighted by Crippen LogP contribution is 2.09. The van der Waals surface area contributed by atoms with Gasteiger partial charge in [0.25, 0.3) is 0 Å². The molecule has 0 radical (unpaired) electrons. The molecule has 0 aliphatic heterocycles. The molecule has 18 heavy (non-hydrogen) atoms. The van der Waals surface area contributed by atoms with Crippen LogP contribution in [0.1, 0.15) is 16.7 Å². The fourth-order valence-electron chi connectivity index (χ4n) is 1.51. The Labute approximate surface area is 109 Å². The average Bonchev–Trinajstić information content (AvgIpc) is 2.89. The first-order valence-electron chi connectivity index (χ1n) is 5.43. The third-order valence-electron chi connectivity index (χ3n) is 2.38. The van der Waals surface area contributed by atoms with E-state index in [0.717, 1.165) is 11.1 Å². The maximum atomic E-state index is 11.6. The summed E-state index contributed by atoms with van der Waals surface area (Å²) in [5.74, 6) is -0.254. The average molecular weight is 257 g/mol. The van der Waals surface area contributed by atoms with Crippen molar-refractivity contribution in [3.63, 3.8) is 0 Å². The van der Waals surface area contributed by atoms with Crippen molar-refractivity contribution in [1.29, 1.82) is 5.26 Å². The number of carbonyl (C=O) groups is 1. The van der Waals surface area contributed by atoms with Crippen molar-refractivity contribution in [2.24, 2.45) is 0 Å². The van der Waals surface area contributed by atoms with E-state index in [4.69, 9.17) is 10.00 Å². The standard InChI is InChI=1S/C14H11NO2S/c15-8-11-2-1-3-12(6-11)9-17-14(16)7-13-4-5-18-10-13/h1-6,10H,7,9H2. The zero-order valence-corrected chi connectivity index (χ0v) is 10.4. The Morgan fingerprint density at radius 2 is 2.22 bits per heavy atom. The monoisotopic (exact) mass is 257 g/mol. The van der Waals surface area contributed by atoms with Crippen LogP contribution < -0.4 is 0 Å². The van der Waals surface area contributed by atoms with Crippen LogP contribution in [-0.2, 0) is 22.6 Å². The van der Waals surface area contributed by atoms with Gasteiger partial charge in [-0.2, -0.15) is 16.6 Å². The molecule has 1 heterocycles. The molecular weight excluding hydrogens is 246 g/mol. The summed E-state index contributed by atoms with van der Waals surface area (Å²) in [7, 11) is 0. The summed E-state index contributed by atoms with van der Waals surface area (Å²) in [6, 6.07) is 11.0. The van der Waals surface area contributed by atoms with Gasteiger partial charge in [-0.25, -0.2) is 0 Å². The predicted molar refractivity (Wildman–Crippen MR) is 69.0 cm³/mol. The molecule has 3 nitrogen and oxygen atoms in total. The van der Waals surface area contributed by atoms with Gasteiger partial charge in [-0.15, -0.1) is 0 Å². The second-order valence-corrected chi connectivity index (χ2v) is 4.56. The highest BCUT2D eigenvalue weighted by Gasteiger charge is 2.05. The van der Waals surface area contributed by atoms with E-state index >= 15 is 0 Å². The van der Waals surface area contributed by atoms with Crippen LogP contribution in [0.15, 0.2) is 41.1 Å². The fourth-order valence-corrected chi connectivity index (χ4v) is 2.17. The molecule has 0 saturated heterocycles. The van der Waals surface area contributed by atoms with Crippen molar-refractivity contribution in [2.75, 3.05) is 0 Å². The number of ether oxygens (including phenoxy) is 1. The SMILES string of the molecule is N#Cc1cccc(COC(=O)Cc2ccsc2)c1. The summed E-state index contributed by atoms with van der Waals surface area (Å²) in [6.07, 6.45) is 0.293. The third-order valence-corrected chi connectivity index (χ3v) is 3.12. The van der Waals surface area contributed by atoms with E-state index in [2.05, 4.69) is 6.07 Å². The number of thiophene rings is 1. The molecule has 0 aliphatic rings. The van der Waals surface area contributed by atoms with Crippen LogP contribution in [0.3, 0.4) is 0 Å². The van der Waals surface area contributed by atoms with Gasteiger partial charge in [-0.1, -0.05) is 12.1 Å². The van der Waals surface area contributed by atoms with E-state index in [0.29, 0.717) is 12.0 Å².